The molecule has 0 bridgehead atoms. The smallest absolute Gasteiger partial charge is 0.251 e. The van der Waals surface area contributed by atoms with Crippen LogP contribution in [-0.4, -0.2) is 11.8 Å². The van der Waals surface area contributed by atoms with Gasteiger partial charge in [0, 0.05) is 23.4 Å². The van der Waals surface area contributed by atoms with Gasteiger partial charge in [0.2, 0.25) is 0 Å². The SMILES string of the molecule is CC(N)Cc1cc2c(cc1Br)OC1(CCCC1)O2. The predicted molar refractivity (Wildman–Crippen MR) is 74.0 cm³/mol. The Bertz CT molecular complexity index is 467. The second-order valence-corrected chi connectivity index (χ2v) is 6.25. The highest BCUT2D eigenvalue weighted by atomic mass is 79.9. The molecule has 0 amide bonds. The van der Waals surface area contributed by atoms with Gasteiger partial charge >= 0.3 is 0 Å². The molecule has 1 unspecified atom stereocenters. The fourth-order valence-electron chi connectivity index (χ4n) is 2.78. The first-order valence-corrected chi connectivity index (χ1v) is 7.33. The van der Waals surface area contributed by atoms with Crippen molar-refractivity contribution in [2.24, 2.45) is 5.73 Å². The van der Waals surface area contributed by atoms with Crippen LogP contribution < -0.4 is 15.2 Å². The van der Waals surface area contributed by atoms with E-state index in [1.165, 1.54) is 18.4 Å². The molecular formula is C14H18BrNO2. The summed E-state index contributed by atoms with van der Waals surface area (Å²) in [5.74, 6) is 1.35. The zero-order chi connectivity index (χ0) is 12.8. The minimum Gasteiger partial charge on any atom is -0.448 e. The van der Waals surface area contributed by atoms with Crippen molar-refractivity contribution < 1.29 is 9.47 Å². The van der Waals surface area contributed by atoms with E-state index in [1.807, 2.05) is 13.0 Å². The molecule has 1 heterocycles. The molecule has 1 atom stereocenters. The van der Waals surface area contributed by atoms with Gasteiger partial charge < -0.3 is 15.2 Å². The van der Waals surface area contributed by atoms with Gasteiger partial charge in [0.05, 0.1) is 0 Å². The number of hydrogen-bond acceptors (Lipinski definition) is 3. The van der Waals surface area contributed by atoms with Crippen LogP contribution in [0.2, 0.25) is 0 Å². The van der Waals surface area contributed by atoms with Crippen LogP contribution in [0.3, 0.4) is 0 Å². The number of halogens is 1. The lowest BCUT2D eigenvalue weighted by Gasteiger charge is -2.21. The van der Waals surface area contributed by atoms with Gasteiger partial charge in [0.1, 0.15) is 0 Å². The number of benzene rings is 1. The molecule has 1 spiro atoms. The van der Waals surface area contributed by atoms with Gasteiger partial charge in [-0.15, -0.1) is 0 Å². The maximum Gasteiger partial charge on any atom is 0.251 e. The predicted octanol–water partition coefficient (Wildman–Crippen LogP) is 3.38. The van der Waals surface area contributed by atoms with E-state index in [2.05, 4.69) is 22.0 Å². The van der Waals surface area contributed by atoms with E-state index in [-0.39, 0.29) is 11.8 Å². The van der Waals surface area contributed by atoms with E-state index in [0.29, 0.717) is 0 Å². The average molecular weight is 312 g/mol. The Balaban J connectivity index is 1.89. The molecule has 1 saturated carbocycles. The Hall–Kier alpha value is -0.740. The Morgan fingerprint density at radius 1 is 1.28 bits per heavy atom. The zero-order valence-electron chi connectivity index (χ0n) is 10.5. The van der Waals surface area contributed by atoms with E-state index in [0.717, 1.165) is 35.2 Å². The Kier molecular flexibility index (Phi) is 3.02. The monoisotopic (exact) mass is 311 g/mol. The lowest BCUT2D eigenvalue weighted by atomic mass is 10.1. The van der Waals surface area contributed by atoms with Crippen LogP contribution in [0.1, 0.15) is 38.2 Å². The van der Waals surface area contributed by atoms with Gasteiger partial charge in [-0.05, 0) is 43.9 Å². The highest BCUT2D eigenvalue weighted by molar-refractivity contribution is 9.10. The molecule has 0 saturated heterocycles. The van der Waals surface area contributed by atoms with Crippen molar-refractivity contribution in [1.82, 2.24) is 0 Å². The maximum absolute atomic E-state index is 6.05. The number of hydrogen-bond donors (Lipinski definition) is 1. The zero-order valence-corrected chi connectivity index (χ0v) is 12.1. The molecule has 98 valence electrons. The lowest BCUT2D eigenvalue weighted by Crippen LogP contribution is -2.34. The minimum absolute atomic E-state index is 0.141. The molecule has 1 aromatic carbocycles. The maximum atomic E-state index is 6.05. The summed E-state index contributed by atoms with van der Waals surface area (Å²) in [6, 6.07) is 4.22. The summed E-state index contributed by atoms with van der Waals surface area (Å²) in [6.07, 6.45) is 5.18. The number of ether oxygens (including phenoxy) is 2. The summed E-state index contributed by atoms with van der Waals surface area (Å²) in [5, 5.41) is 0. The molecule has 2 aliphatic rings. The van der Waals surface area contributed by atoms with Gasteiger partial charge in [0.15, 0.2) is 11.5 Å². The van der Waals surface area contributed by atoms with Crippen LogP contribution in [0, 0.1) is 0 Å². The second-order valence-electron chi connectivity index (χ2n) is 5.39. The van der Waals surface area contributed by atoms with E-state index >= 15 is 0 Å². The summed E-state index contributed by atoms with van der Waals surface area (Å²) in [5.41, 5.74) is 7.04. The highest BCUT2D eigenvalue weighted by Gasteiger charge is 2.44. The van der Waals surface area contributed by atoms with Crippen LogP contribution in [0.25, 0.3) is 0 Å². The molecule has 18 heavy (non-hydrogen) atoms. The van der Waals surface area contributed by atoms with E-state index in [4.69, 9.17) is 15.2 Å². The van der Waals surface area contributed by atoms with Crippen LogP contribution in [-0.2, 0) is 6.42 Å². The lowest BCUT2D eigenvalue weighted by molar-refractivity contribution is -0.0716. The van der Waals surface area contributed by atoms with E-state index in [9.17, 15) is 0 Å². The van der Waals surface area contributed by atoms with Crippen molar-refractivity contribution in [3.63, 3.8) is 0 Å². The van der Waals surface area contributed by atoms with Gasteiger partial charge in [0.25, 0.3) is 5.79 Å². The fourth-order valence-corrected chi connectivity index (χ4v) is 3.26. The summed E-state index contributed by atoms with van der Waals surface area (Å²) in [4.78, 5) is 0. The van der Waals surface area contributed by atoms with Gasteiger partial charge in [-0.25, -0.2) is 0 Å². The highest BCUT2D eigenvalue weighted by Crippen LogP contribution is 2.48. The van der Waals surface area contributed by atoms with Crippen molar-refractivity contribution in [2.75, 3.05) is 0 Å². The topological polar surface area (TPSA) is 44.5 Å². The third-order valence-corrected chi connectivity index (χ3v) is 4.35. The van der Waals surface area contributed by atoms with Gasteiger partial charge in [-0.1, -0.05) is 15.9 Å². The van der Waals surface area contributed by atoms with Crippen LogP contribution in [0.5, 0.6) is 11.5 Å². The first-order valence-electron chi connectivity index (χ1n) is 6.54. The van der Waals surface area contributed by atoms with Crippen molar-refractivity contribution in [3.05, 3.63) is 22.2 Å². The molecule has 3 rings (SSSR count). The quantitative estimate of drug-likeness (QED) is 0.910. The normalized spacial score (nSPS) is 21.5. The molecule has 2 N–H and O–H groups in total. The van der Waals surface area contributed by atoms with Gasteiger partial charge in [-0.3, -0.25) is 0 Å². The van der Waals surface area contributed by atoms with Crippen LogP contribution in [0.4, 0.5) is 0 Å². The molecule has 0 aromatic heterocycles. The van der Waals surface area contributed by atoms with Crippen molar-refractivity contribution >= 4 is 15.9 Å². The summed E-state index contributed by atoms with van der Waals surface area (Å²) < 4.78 is 13.1. The molecule has 4 heteroatoms. The minimum atomic E-state index is -0.380. The van der Waals surface area contributed by atoms with Gasteiger partial charge in [-0.2, -0.15) is 0 Å². The number of nitrogens with two attached hydrogens (primary N) is 1. The number of fused-ring (bicyclic) bond motifs is 1. The fraction of sp³-hybridized carbons (Fsp3) is 0.571. The first-order chi connectivity index (χ1) is 8.58. The summed E-state index contributed by atoms with van der Waals surface area (Å²) in [6.45, 7) is 2.01. The molecule has 0 radical (unpaired) electrons. The van der Waals surface area contributed by atoms with Crippen LogP contribution in [0.15, 0.2) is 16.6 Å². The van der Waals surface area contributed by atoms with Crippen molar-refractivity contribution in [2.45, 2.75) is 50.9 Å². The molecule has 1 aliphatic heterocycles. The van der Waals surface area contributed by atoms with Crippen molar-refractivity contribution in [3.8, 4) is 11.5 Å². The summed E-state index contributed by atoms with van der Waals surface area (Å²) >= 11 is 3.58. The molecule has 1 aliphatic carbocycles. The second kappa shape index (κ2) is 4.42. The number of rotatable bonds is 2. The molecule has 3 nitrogen and oxygen atoms in total. The Morgan fingerprint density at radius 3 is 2.50 bits per heavy atom. The van der Waals surface area contributed by atoms with Crippen molar-refractivity contribution in [1.29, 1.82) is 0 Å². The Labute approximate surface area is 116 Å². The molecule has 1 fully saturated rings. The Morgan fingerprint density at radius 2 is 1.89 bits per heavy atom. The molecule has 1 aromatic rings. The first kappa shape index (κ1) is 12.3. The third kappa shape index (κ3) is 2.12. The van der Waals surface area contributed by atoms with E-state index in [1.54, 1.807) is 0 Å². The standard InChI is InChI=1S/C14H18BrNO2/c1-9(16)6-10-7-12-13(8-11(10)15)18-14(17-12)4-2-3-5-14/h7-9H,2-6,16H2,1H3. The van der Waals surface area contributed by atoms with Crippen LogP contribution >= 0.6 is 15.9 Å². The average Bonchev–Trinajstić information content (AvgIpc) is 2.86. The van der Waals surface area contributed by atoms with E-state index < -0.39 is 0 Å². The molecular weight excluding hydrogens is 294 g/mol. The third-order valence-electron chi connectivity index (χ3n) is 3.61. The summed E-state index contributed by atoms with van der Waals surface area (Å²) in [7, 11) is 0. The largest absolute Gasteiger partial charge is 0.448 e.